The van der Waals surface area contributed by atoms with E-state index in [1.54, 1.807) is 0 Å². The van der Waals surface area contributed by atoms with Gasteiger partial charge in [-0.15, -0.1) is 0 Å². The first-order valence-electron chi connectivity index (χ1n) is 10.3. The van der Waals surface area contributed by atoms with Gasteiger partial charge in [0.05, 0.1) is 12.1 Å². The Hall–Kier alpha value is -2.10. The van der Waals surface area contributed by atoms with Gasteiger partial charge in [0.2, 0.25) is 0 Å². The Balaban J connectivity index is 1.71. The molecule has 0 saturated carbocycles. The molecule has 2 atom stereocenters. The van der Waals surface area contributed by atoms with Crippen molar-refractivity contribution in [3.8, 4) is 0 Å². The number of carbonyl (C=O) groups excluding carboxylic acids is 1. The zero-order valence-electron chi connectivity index (χ0n) is 17.7. The van der Waals surface area contributed by atoms with Gasteiger partial charge in [-0.25, -0.2) is 8.78 Å². The summed E-state index contributed by atoms with van der Waals surface area (Å²) < 4.78 is 31.4. The van der Waals surface area contributed by atoms with Gasteiger partial charge in [0, 0.05) is 19.2 Å². The van der Waals surface area contributed by atoms with Gasteiger partial charge in [-0.3, -0.25) is 4.79 Å². The predicted octanol–water partition coefficient (Wildman–Crippen LogP) is 4.78. The Morgan fingerprint density at radius 3 is 2.45 bits per heavy atom. The molecule has 176 valence electrons. The number of nitrogens with one attached hydrogen (secondary N) is 2. The number of aromatic nitrogens is 1. The minimum absolute atomic E-state index is 0.00985. The number of carbonyl (C=O) groups is 1. The van der Waals surface area contributed by atoms with Crippen LogP contribution in [0.5, 0.6) is 0 Å². The van der Waals surface area contributed by atoms with E-state index in [1.807, 2.05) is 18.2 Å². The number of aryl methyl sites for hydroxylation is 1. The van der Waals surface area contributed by atoms with Crippen LogP contribution in [0.4, 0.5) is 8.78 Å². The molecule has 0 fully saturated rings. The second kappa shape index (κ2) is 11.9. The highest BCUT2D eigenvalue weighted by Gasteiger charge is 2.26. The lowest BCUT2D eigenvalue weighted by atomic mass is 10.00. The molecule has 1 amide bonds. The van der Waals surface area contributed by atoms with Crippen LogP contribution < -0.4 is 10.6 Å². The monoisotopic (exact) mass is 513 g/mol. The Bertz CT molecular complexity index is 1090. The van der Waals surface area contributed by atoms with Crippen LogP contribution >= 0.6 is 34.7 Å². The molecular formula is C23H23Cl2F2N3O2S. The lowest BCUT2D eigenvalue weighted by Crippen LogP contribution is -2.48. The molecule has 0 bridgehead atoms. The maximum atomic E-state index is 13.7. The van der Waals surface area contributed by atoms with E-state index >= 15 is 0 Å². The Labute approximate surface area is 204 Å². The third kappa shape index (κ3) is 7.19. The summed E-state index contributed by atoms with van der Waals surface area (Å²) in [6.07, 6.45) is -0.162. The van der Waals surface area contributed by atoms with Crippen LogP contribution in [0.3, 0.4) is 0 Å². The minimum Gasteiger partial charge on any atom is -0.390 e. The summed E-state index contributed by atoms with van der Waals surface area (Å²) in [6, 6.07) is 10.3. The SMILES string of the molecule is CCc1cccc(CNC[C@@H](O)[C@H](Cc2cc(F)cc(F)c2)NC(=O)c2nsc(Cl)c2Cl)c1. The summed E-state index contributed by atoms with van der Waals surface area (Å²) in [5.41, 5.74) is 2.47. The molecule has 3 N–H and O–H groups in total. The fourth-order valence-electron chi connectivity index (χ4n) is 3.37. The lowest BCUT2D eigenvalue weighted by Gasteiger charge is -2.25. The first-order chi connectivity index (χ1) is 15.8. The highest BCUT2D eigenvalue weighted by molar-refractivity contribution is 7.11. The van der Waals surface area contributed by atoms with Gasteiger partial charge in [0.25, 0.3) is 5.91 Å². The molecule has 0 aliphatic heterocycles. The summed E-state index contributed by atoms with van der Waals surface area (Å²) in [7, 11) is 0. The van der Waals surface area contributed by atoms with Crippen molar-refractivity contribution in [3.63, 3.8) is 0 Å². The Morgan fingerprint density at radius 2 is 1.82 bits per heavy atom. The summed E-state index contributed by atoms with van der Waals surface area (Å²) in [5.74, 6) is -2.12. The molecule has 0 spiro atoms. The molecule has 2 aromatic carbocycles. The maximum absolute atomic E-state index is 13.7. The van der Waals surface area contributed by atoms with Gasteiger partial charge in [-0.2, -0.15) is 4.37 Å². The van der Waals surface area contributed by atoms with Crippen molar-refractivity contribution in [2.45, 2.75) is 38.5 Å². The van der Waals surface area contributed by atoms with E-state index in [1.165, 1.54) is 5.56 Å². The number of aliphatic hydroxyl groups excluding tert-OH is 1. The molecule has 0 aliphatic rings. The Kier molecular flexibility index (Phi) is 9.17. The van der Waals surface area contributed by atoms with Crippen molar-refractivity contribution in [1.82, 2.24) is 15.0 Å². The Morgan fingerprint density at radius 1 is 1.12 bits per heavy atom. The van der Waals surface area contributed by atoms with Crippen molar-refractivity contribution in [1.29, 1.82) is 0 Å². The van der Waals surface area contributed by atoms with Crippen LogP contribution in [-0.4, -0.2) is 34.1 Å². The van der Waals surface area contributed by atoms with Crippen LogP contribution in [0.15, 0.2) is 42.5 Å². The predicted molar refractivity (Wildman–Crippen MR) is 127 cm³/mol. The molecule has 1 heterocycles. The molecule has 5 nitrogen and oxygen atoms in total. The molecule has 0 aliphatic carbocycles. The average molecular weight is 514 g/mol. The van der Waals surface area contributed by atoms with E-state index in [-0.39, 0.29) is 33.6 Å². The molecule has 0 saturated heterocycles. The summed E-state index contributed by atoms with van der Waals surface area (Å²) in [5, 5.41) is 16.7. The highest BCUT2D eigenvalue weighted by Crippen LogP contribution is 2.29. The van der Waals surface area contributed by atoms with Crippen molar-refractivity contribution in [3.05, 3.63) is 85.8 Å². The molecule has 1 aromatic heterocycles. The average Bonchev–Trinajstić information content (AvgIpc) is 3.11. The fraction of sp³-hybridized carbons (Fsp3) is 0.304. The zero-order valence-corrected chi connectivity index (χ0v) is 20.1. The number of halogens is 4. The zero-order chi connectivity index (χ0) is 24.0. The van der Waals surface area contributed by atoms with E-state index in [0.29, 0.717) is 6.54 Å². The summed E-state index contributed by atoms with van der Waals surface area (Å²) >= 11 is 12.8. The normalized spacial score (nSPS) is 13.0. The molecule has 3 rings (SSSR count). The van der Waals surface area contributed by atoms with E-state index in [0.717, 1.165) is 41.7 Å². The summed E-state index contributed by atoms with van der Waals surface area (Å²) in [6.45, 7) is 2.71. The van der Waals surface area contributed by atoms with Gasteiger partial charge < -0.3 is 15.7 Å². The van der Waals surface area contributed by atoms with Crippen LogP contribution in [0, 0.1) is 11.6 Å². The number of amides is 1. The van der Waals surface area contributed by atoms with Gasteiger partial charge in [0.15, 0.2) is 5.69 Å². The molecule has 3 aromatic rings. The van der Waals surface area contributed by atoms with E-state index in [9.17, 15) is 18.7 Å². The minimum atomic E-state index is -1.07. The van der Waals surface area contributed by atoms with Crippen LogP contribution in [0.25, 0.3) is 0 Å². The smallest absolute Gasteiger partial charge is 0.272 e. The third-order valence-electron chi connectivity index (χ3n) is 5.05. The highest BCUT2D eigenvalue weighted by atomic mass is 35.5. The van der Waals surface area contributed by atoms with Gasteiger partial charge in [-0.1, -0.05) is 54.4 Å². The first-order valence-corrected chi connectivity index (χ1v) is 11.8. The van der Waals surface area contributed by atoms with E-state index in [4.69, 9.17) is 23.2 Å². The van der Waals surface area contributed by atoms with E-state index < -0.39 is 29.7 Å². The quantitative estimate of drug-likeness (QED) is 0.364. The maximum Gasteiger partial charge on any atom is 0.272 e. The van der Waals surface area contributed by atoms with Gasteiger partial charge >= 0.3 is 0 Å². The van der Waals surface area contributed by atoms with Crippen molar-refractivity contribution < 1.29 is 18.7 Å². The first kappa shape index (κ1) is 25.5. The summed E-state index contributed by atoms with van der Waals surface area (Å²) in [4.78, 5) is 12.7. The second-order valence-electron chi connectivity index (χ2n) is 7.55. The van der Waals surface area contributed by atoms with Crippen molar-refractivity contribution in [2.24, 2.45) is 0 Å². The van der Waals surface area contributed by atoms with Crippen LogP contribution in [0.1, 0.15) is 34.1 Å². The number of hydrogen-bond acceptors (Lipinski definition) is 5. The molecular weight excluding hydrogens is 491 g/mol. The van der Waals surface area contributed by atoms with E-state index in [2.05, 4.69) is 28.0 Å². The van der Waals surface area contributed by atoms with Crippen LogP contribution in [-0.2, 0) is 19.4 Å². The van der Waals surface area contributed by atoms with Crippen LogP contribution in [0.2, 0.25) is 9.36 Å². The second-order valence-corrected chi connectivity index (χ2v) is 9.31. The fourth-order valence-corrected chi connectivity index (χ4v) is 4.37. The molecule has 10 heteroatoms. The largest absolute Gasteiger partial charge is 0.390 e. The number of hydrogen-bond donors (Lipinski definition) is 3. The molecule has 0 radical (unpaired) electrons. The van der Waals surface area contributed by atoms with Crippen molar-refractivity contribution in [2.75, 3.05) is 6.54 Å². The number of aliphatic hydroxyl groups is 1. The van der Waals surface area contributed by atoms with Gasteiger partial charge in [-0.05, 0) is 53.2 Å². The molecule has 0 unspecified atom stereocenters. The molecule has 33 heavy (non-hydrogen) atoms. The van der Waals surface area contributed by atoms with Crippen molar-refractivity contribution >= 4 is 40.6 Å². The third-order valence-corrected chi connectivity index (χ3v) is 6.66. The topological polar surface area (TPSA) is 74.2 Å². The standard InChI is InChI=1S/C23H23Cl2F2N3O2S/c1-2-13-4-3-5-14(6-13)11-28-12-19(31)18(9-15-7-16(26)10-17(27)8-15)29-23(32)21-20(24)22(25)33-30-21/h3-8,10,18-19,28,31H,2,9,11-12H2,1H3,(H,29,32)/t18-,19+/m0/s1. The lowest BCUT2D eigenvalue weighted by molar-refractivity contribution is 0.0826. The van der Waals surface area contributed by atoms with Gasteiger partial charge in [0.1, 0.15) is 21.0 Å². The number of rotatable bonds is 10. The number of benzene rings is 2. The number of nitrogens with zero attached hydrogens (tertiary/aromatic N) is 1.